The van der Waals surface area contributed by atoms with Gasteiger partial charge in [0.15, 0.2) is 0 Å². The fraction of sp³-hybridized carbons (Fsp3) is 0.571. The van der Waals surface area contributed by atoms with Crippen molar-refractivity contribution in [3.05, 3.63) is 22.2 Å². The van der Waals surface area contributed by atoms with E-state index in [2.05, 4.69) is 16.9 Å². The lowest BCUT2D eigenvalue weighted by molar-refractivity contribution is -0.127. The van der Waals surface area contributed by atoms with Crippen LogP contribution in [-0.4, -0.2) is 53.9 Å². The van der Waals surface area contributed by atoms with E-state index in [0.717, 1.165) is 36.6 Å². The molecule has 0 aromatic carbocycles. The molecule has 0 unspecified atom stereocenters. The summed E-state index contributed by atoms with van der Waals surface area (Å²) in [6.45, 7) is 4.10. The van der Waals surface area contributed by atoms with Gasteiger partial charge in [0.25, 0.3) is 0 Å². The second-order valence-electron chi connectivity index (χ2n) is 5.11. The molecule has 2 rings (SSSR count). The number of carbonyl (C=O) groups is 1. The number of piperidine rings is 1. The van der Waals surface area contributed by atoms with Crippen molar-refractivity contribution in [2.75, 3.05) is 27.2 Å². The summed E-state index contributed by atoms with van der Waals surface area (Å²) < 4.78 is 0. The van der Waals surface area contributed by atoms with E-state index < -0.39 is 0 Å². The molecule has 1 aliphatic heterocycles. The molecule has 0 bridgehead atoms. The molecule has 104 valence electrons. The maximum absolute atomic E-state index is 12.1. The Morgan fingerprint density at radius 2 is 2.21 bits per heavy atom. The topological polar surface area (TPSA) is 36.4 Å². The van der Waals surface area contributed by atoms with Crippen molar-refractivity contribution in [2.45, 2.75) is 25.8 Å². The summed E-state index contributed by atoms with van der Waals surface area (Å²) in [5, 5.41) is 2.99. The molecule has 2 heterocycles. The lowest BCUT2D eigenvalue weighted by Crippen LogP contribution is -2.43. The van der Waals surface area contributed by atoms with Gasteiger partial charge in [-0.3, -0.25) is 4.79 Å². The second kappa shape index (κ2) is 6.30. The zero-order valence-electron chi connectivity index (χ0n) is 11.8. The van der Waals surface area contributed by atoms with Crippen LogP contribution in [0.2, 0.25) is 0 Å². The van der Waals surface area contributed by atoms with Crippen LogP contribution in [0, 0.1) is 6.92 Å². The average molecular weight is 279 g/mol. The SMILES string of the molecule is Cc1nc(C=CC(=O)N(C)C2CCN(C)CC2)cs1. The fourth-order valence-corrected chi connectivity index (χ4v) is 2.87. The Labute approximate surface area is 118 Å². The number of aryl methyl sites for hydroxylation is 1. The lowest BCUT2D eigenvalue weighted by atomic mass is 10.0. The first-order chi connectivity index (χ1) is 9.06. The summed E-state index contributed by atoms with van der Waals surface area (Å²) in [6.07, 6.45) is 5.55. The Kier molecular flexibility index (Phi) is 4.71. The van der Waals surface area contributed by atoms with Gasteiger partial charge >= 0.3 is 0 Å². The highest BCUT2D eigenvalue weighted by Gasteiger charge is 2.22. The quantitative estimate of drug-likeness (QED) is 0.794. The zero-order valence-corrected chi connectivity index (χ0v) is 12.6. The summed E-state index contributed by atoms with van der Waals surface area (Å²) >= 11 is 1.60. The van der Waals surface area contributed by atoms with Crippen LogP contribution in [0.3, 0.4) is 0 Å². The highest BCUT2D eigenvalue weighted by molar-refractivity contribution is 7.09. The number of carbonyl (C=O) groups excluding carboxylic acids is 1. The summed E-state index contributed by atoms with van der Waals surface area (Å²) in [4.78, 5) is 20.6. The molecule has 1 aromatic heterocycles. The molecule has 1 fully saturated rings. The van der Waals surface area contributed by atoms with E-state index in [-0.39, 0.29) is 5.91 Å². The summed E-state index contributed by atoms with van der Waals surface area (Å²) in [5.74, 6) is 0.0696. The van der Waals surface area contributed by atoms with Crippen molar-refractivity contribution in [1.29, 1.82) is 0 Å². The number of thiazole rings is 1. The van der Waals surface area contributed by atoms with E-state index in [4.69, 9.17) is 0 Å². The number of aromatic nitrogens is 1. The van der Waals surface area contributed by atoms with Gasteiger partial charge in [-0.2, -0.15) is 0 Å². The predicted molar refractivity (Wildman–Crippen MR) is 79.2 cm³/mol. The van der Waals surface area contributed by atoms with Gasteiger partial charge in [0, 0.05) is 24.5 Å². The van der Waals surface area contributed by atoms with E-state index in [1.807, 2.05) is 24.3 Å². The normalized spacial score (nSPS) is 18.1. The summed E-state index contributed by atoms with van der Waals surface area (Å²) in [6, 6.07) is 0.366. The molecule has 1 saturated heterocycles. The van der Waals surface area contributed by atoms with E-state index in [9.17, 15) is 4.79 Å². The highest BCUT2D eigenvalue weighted by atomic mass is 32.1. The molecular formula is C14H21N3OS. The van der Waals surface area contributed by atoms with Crippen molar-refractivity contribution < 1.29 is 4.79 Å². The van der Waals surface area contributed by atoms with Gasteiger partial charge in [0.2, 0.25) is 5.91 Å². The number of nitrogens with zero attached hydrogens (tertiary/aromatic N) is 3. The molecule has 0 aliphatic carbocycles. The van der Waals surface area contributed by atoms with Crippen molar-refractivity contribution in [2.24, 2.45) is 0 Å². The number of likely N-dealkylation sites (N-methyl/N-ethyl adjacent to an activating group) is 1. The Morgan fingerprint density at radius 3 is 2.79 bits per heavy atom. The minimum absolute atomic E-state index is 0.0696. The summed E-state index contributed by atoms with van der Waals surface area (Å²) in [7, 11) is 4.03. The van der Waals surface area contributed by atoms with Crippen LogP contribution >= 0.6 is 11.3 Å². The molecule has 1 aromatic rings. The zero-order chi connectivity index (χ0) is 13.8. The molecule has 1 aliphatic rings. The maximum atomic E-state index is 12.1. The minimum Gasteiger partial charge on any atom is -0.339 e. The van der Waals surface area contributed by atoms with E-state index in [1.165, 1.54) is 0 Å². The van der Waals surface area contributed by atoms with Gasteiger partial charge in [-0.05, 0) is 46.0 Å². The van der Waals surface area contributed by atoms with Crippen LogP contribution in [0.15, 0.2) is 11.5 Å². The number of likely N-dealkylation sites (tertiary alicyclic amines) is 1. The van der Waals surface area contributed by atoms with E-state index in [0.29, 0.717) is 6.04 Å². The van der Waals surface area contributed by atoms with Gasteiger partial charge in [0.05, 0.1) is 10.7 Å². The van der Waals surface area contributed by atoms with Crippen LogP contribution < -0.4 is 0 Å². The molecular weight excluding hydrogens is 258 g/mol. The van der Waals surface area contributed by atoms with Gasteiger partial charge in [-0.1, -0.05) is 0 Å². The van der Waals surface area contributed by atoms with E-state index in [1.54, 1.807) is 23.5 Å². The first-order valence-electron chi connectivity index (χ1n) is 6.62. The smallest absolute Gasteiger partial charge is 0.246 e. The predicted octanol–water partition coefficient (Wildman–Crippen LogP) is 2.02. The van der Waals surface area contributed by atoms with Crippen LogP contribution in [0.5, 0.6) is 0 Å². The molecule has 0 radical (unpaired) electrons. The second-order valence-corrected chi connectivity index (χ2v) is 6.17. The van der Waals surface area contributed by atoms with Crippen molar-refractivity contribution in [3.8, 4) is 0 Å². The maximum Gasteiger partial charge on any atom is 0.246 e. The number of hydrogen-bond donors (Lipinski definition) is 0. The molecule has 4 nitrogen and oxygen atoms in total. The first-order valence-corrected chi connectivity index (χ1v) is 7.50. The van der Waals surface area contributed by atoms with E-state index >= 15 is 0 Å². The van der Waals surface area contributed by atoms with Gasteiger partial charge < -0.3 is 9.80 Å². The van der Waals surface area contributed by atoms with Gasteiger partial charge in [0.1, 0.15) is 0 Å². The van der Waals surface area contributed by atoms with Crippen LogP contribution in [0.25, 0.3) is 6.08 Å². The third kappa shape index (κ3) is 3.88. The standard InChI is InChI=1S/C14H21N3OS/c1-11-15-12(10-19-11)4-5-14(18)17(3)13-6-8-16(2)9-7-13/h4-5,10,13H,6-9H2,1-3H3. The molecule has 0 N–H and O–H groups in total. The Morgan fingerprint density at radius 1 is 1.53 bits per heavy atom. The van der Waals surface area contributed by atoms with Crippen molar-refractivity contribution >= 4 is 23.3 Å². The Hall–Kier alpha value is -1.20. The molecule has 1 amide bonds. The average Bonchev–Trinajstić information content (AvgIpc) is 2.82. The lowest BCUT2D eigenvalue weighted by Gasteiger charge is -2.34. The third-order valence-corrected chi connectivity index (χ3v) is 4.41. The number of amides is 1. The first kappa shape index (κ1) is 14.2. The monoisotopic (exact) mass is 279 g/mol. The Balaban J connectivity index is 1.90. The highest BCUT2D eigenvalue weighted by Crippen LogP contribution is 2.15. The number of rotatable bonds is 3. The molecule has 5 heteroatoms. The third-order valence-electron chi connectivity index (χ3n) is 3.62. The largest absolute Gasteiger partial charge is 0.339 e. The Bertz CT molecular complexity index is 461. The molecule has 19 heavy (non-hydrogen) atoms. The van der Waals surface area contributed by atoms with Gasteiger partial charge in [-0.25, -0.2) is 4.98 Å². The summed E-state index contributed by atoms with van der Waals surface area (Å²) in [5.41, 5.74) is 0.868. The molecule has 0 spiro atoms. The van der Waals surface area contributed by atoms with Gasteiger partial charge in [-0.15, -0.1) is 11.3 Å². The van der Waals surface area contributed by atoms with Crippen LogP contribution in [0.4, 0.5) is 0 Å². The molecule has 0 saturated carbocycles. The van der Waals surface area contributed by atoms with Crippen molar-refractivity contribution in [1.82, 2.24) is 14.8 Å². The van der Waals surface area contributed by atoms with Crippen molar-refractivity contribution in [3.63, 3.8) is 0 Å². The fourth-order valence-electron chi connectivity index (χ4n) is 2.29. The molecule has 0 atom stereocenters. The number of hydrogen-bond acceptors (Lipinski definition) is 4. The van der Waals surface area contributed by atoms with Crippen LogP contribution in [0.1, 0.15) is 23.5 Å². The van der Waals surface area contributed by atoms with Crippen LogP contribution in [-0.2, 0) is 4.79 Å². The minimum atomic E-state index is 0.0696.